The Kier molecular flexibility index (Phi) is 3.75. The third kappa shape index (κ3) is 3.35. The molecule has 1 aliphatic heterocycles. The molecule has 3 nitrogen and oxygen atoms in total. The van der Waals surface area contributed by atoms with Crippen LogP contribution in [-0.4, -0.2) is 36.6 Å². The normalized spacial score (nSPS) is 21.2. The molecule has 1 aromatic rings. The Bertz CT molecular complexity index is 406. The molecule has 6 heteroatoms. The number of aromatic nitrogens is 1. The summed E-state index contributed by atoms with van der Waals surface area (Å²) in [6, 6.07) is 3.92. The van der Waals surface area contributed by atoms with Crippen molar-refractivity contribution < 1.29 is 13.2 Å². The van der Waals surface area contributed by atoms with Crippen LogP contribution >= 0.6 is 0 Å². The van der Waals surface area contributed by atoms with Gasteiger partial charge >= 0.3 is 6.18 Å². The van der Waals surface area contributed by atoms with E-state index in [0.717, 1.165) is 25.6 Å². The van der Waals surface area contributed by atoms with Crippen LogP contribution in [0.3, 0.4) is 0 Å². The second-order valence-corrected chi connectivity index (χ2v) is 4.70. The first-order valence-corrected chi connectivity index (χ1v) is 5.92. The molecule has 1 unspecified atom stereocenters. The van der Waals surface area contributed by atoms with E-state index in [1.54, 1.807) is 6.07 Å². The van der Waals surface area contributed by atoms with Crippen molar-refractivity contribution in [2.75, 3.05) is 32.0 Å². The number of hydrogen-bond donors (Lipinski definition) is 1. The number of likely N-dealkylation sites (tertiary alicyclic amines) is 1. The summed E-state index contributed by atoms with van der Waals surface area (Å²) in [5.74, 6) is 0.769. The summed E-state index contributed by atoms with van der Waals surface area (Å²) in [5.41, 5.74) is -0.851. The van der Waals surface area contributed by atoms with E-state index in [1.165, 1.54) is 6.07 Å². The van der Waals surface area contributed by atoms with Gasteiger partial charge in [0.05, 0.1) is 0 Å². The first-order valence-electron chi connectivity index (χ1n) is 5.92. The summed E-state index contributed by atoms with van der Waals surface area (Å²) >= 11 is 0. The van der Waals surface area contributed by atoms with E-state index in [1.807, 2.05) is 7.05 Å². The third-order valence-corrected chi connectivity index (χ3v) is 3.10. The van der Waals surface area contributed by atoms with E-state index in [-0.39, 0.29) is 0 Å². The standard InChI is InChI=1S/C12H16F3N3/c1-18-6-5-9(8-18)7-16-11-4-2-3-10(17-11)12(13,14)15/h2-4,9H,5-8H2,1H3,(H,16,17). The lowest BCUT2D eigenvalue weighted by Gasteiger charge is -2.13. The van der Waals surface area contributed by atoms with Crippen molar-refractivity contribution in [2.45, 2.75) is 12.6 Å². The summed E-state index contributed by atoms with van der Waals surface area (Å²) < 4.78 is 37.4. The van der Waals surface area contributed by atoms with Crippen LogP contribution in [0, 0.1) is 5.92 Å². The molecule has 2 rings (SSSR count). The van der Waals surface area contributed by atoms with Gasteiger partial charge in [0.1, 0.15) is 11.5 Å². The van der Waals surface area contributed by atoms with E-state index >= 15 is 0 Å². The van der Waals surface area contributed by atoms with Gasteiger partial charge in [-0.25, -0.2) is 4.98 Å². The molecule has 1 aromatic heterocycles. The Morgan fingerprint density at radius 2 is 2.22 bits per heavy atom. The van der Waals surface area contributed by atoms with Crippen LogP contribution < -0.4 is 5.32 Å². The zero-order valence-electron chi connectivity index (χ0n) is 10.2. The number of halogens is 3. The van der Waals surface area contributed by atoms with E-state index in [2.05, 4.69) is 15.2 Å². The van der Waals surface area contributed by atoms with Gasteiger partial charge in [-0.1, -0.05) is 6.07 Å². The average molecular weight is 259 g/mol. The Morgan fingerprint density at radius 3 is 2.83 bits per heavy atom. The molecule has 1 saturated heterocycles. The lowest BCUT2D eigenvalue weighted by molar-refractivity contribution is -0.141. The maximum Gasteiger partial charge on any atom is 0.433 e. The minimum atomic E-state index is -4.38. The predicted molar refractivity (Wildman–Crippen MR) is 63.3 cm³/mol. The smallest absolute Gasteiger partial charge is 0.370 e. The molecule has 2 heterocycles. The average Bonchev–Trinajstić information content (AvgIpc) is 2.72. The second kappa shape index (κ2) is 5.14. The highest BCUT2D eigenvalue weighted by atomic mass is 19.4. The first-order chi connectivity index (χ1) is 8.45. The topological polar surface area (TPSA) is 28.2 Å². The van der Waals surface area contributed by atoms with E-state index in [4.69, 9.17) is 0 Å². The summed E-state index contributed by atoms with van der Waals surface area (Å²) in [5, 5.41) is 2.98. The molecule has 0 amide bonds. The van der Waals surface area contributed by atoms with Crippen LogP contribution in [0.2, 0.25) is 0 Å². The molecule has 1 N–H and O–H groups in total. The van der Waals surface area contributed by atoms with Gasteiger partial charge in [-0.15, -0.1) is 0 Å². The highest BCUT2D eigenvalue weighted by molar-refractivity contribution is 5.36. The van der Waals surface area contributed by atoms with Crippen LogP contribution in [0.5, 0.6) is 0 Å². The van der Waals surface area contributed by atoms with Crippen molar-refractivity contribution in [1.82, 2.24) is 9.88 Å². The number of nitrogens with zero attached hydrogens (tertiary/aromatic N) is 2. The molecule has 100 valence electrons. The van der Waals surface area contributed by atoms with Gasteiger partial charge in [0.15, 0.2) is 0 Å². The molecule has 0 saturated carbocycles. The van der Waals surface area contributed by atoms with Crippen LogP contribution in [0.25, 0.3) is 0 Å². The lowest BCUT2D eigenvalue weighted by atomic mass is 10.1. The maximum absolute atomic E-state index is 12.5. The van der Waals surface area contributed by atoms with Gasteiger partial charge in [-0.2, -0.15) is 13.2 Å². The monoisotopic (exact) mass is 259 g/mol. The highest BCUT2D eigenvalue weighted by Gasteiger charge is 2.32. The van der Waals surface area contributed by atoms with Crippen LogP contribution in [0.4, 0.5) is 19.0 Å². The van der Waals surface area contributed by atoms with Crippen molar-refractivity contribution in [3.63, 3.8) is 0 Å². The fraction of sp³-hybridized carbons (Fsp3) is 0.583. The van der Waals surface area contributed by atoms with Gasteiger partial charge in [0.25, 0.3) is 0 Å². The Morgan fingerprint density at radius 1 is 1.44 bits per heavy atom. The predicted octanol–water partition coefficient (Wildman–Crippen LogP) is 2.46. The summed E-state index contributed by atoms with van der Waals surface area (Å²) in [6.07, 6.45) is -3.31. The Labute approximate surface area is 104 Å². The number of alkyl halides is 3. The fourth-order valence-corrected chi connectivity index (χ4v) is 2.13. The molecule has 18 heavy (non-hydrogen) atoms. The van der Waals surface area contributed by atoms with Crippen molar-refractivity contribution in [1.29, 1.82) is 0 Å². The van der Waals surface area contributed by atoms with Crippen LogP contribution in [-0.2, 0) is 6.18 Å². The quantitative estimate of drug-likeness (QED) is 0.903. The fourth-order valence-electron chi connectivity index (χ4n) is 2.13. The molecule has 1 fully saturated rings. The zero-order chi connectivity index (χ0) is 13.2. The van der Waals surface area contributed by atoms with Gasteiger partial charge in [0, 0.05) is 13.1 Å². The molecule has 0 aliphatic carbocycles. The SMILES string of the molecule is CN1CCC(CNc2cccc(C(F)(F)F)n2)C1. The molecule has 0 aromatic carbocycles. The first kappa shape index (κ1) is 13.1. The number of anilines is 1. The third-order valence-electron chi connectivity index (χ3n) is 3.10. The minimum Gasteiger partial charge on any atom is -0.370 e. The van der Waals surface area contributed by atoms with Gasteiger partial charge in [0.2, 0.25) is 0 Å². The molecule has 1 atom stereocenters. The molecular formula is C12H16F3N3. The minimum absolute atomic E-state index is 0.291. The second-order valence-electron chi connectivity index (χ2n) is 4.70. The molecule has 0 bridgehead atoms. The van der Waals surface area contributed by atoms with Crippen LogP contribution in [0.15, 0.2) is 18.2 Å². The highest BCUT2D eigenvalue weighted by Crippen LogP contribution is 2.28. The van der Waals surface area contributed by atoms with Crippen molar-refractivity contribution in [3.8, 4) is 0 Å². The number of rotatable bonds is 3. The lowest BCUT2D eigenvalue weighted by Crippen LogP contribution is -2.20. The van der Waals surface area contributed by atoms with E-state index in [0.29, 0.717) is 18.3 Å². The number of nitrogens with one attached hydrogen (secondary N) is 1. The van der Waals surface area contributed by atoms with Crippen molar-refractivity contribution in [2.24, 2.45) is 5.92 Å². The van der Waals surface area contributed by atoms with Gasteiger partial charge in [-0.05, 0) is 38.1 Å². The van der Waals surface area contributed by atoms with Gasteiger partial charge < -0.3 is 10.2 Å². The number of hydrogen-bond acceptors (Lipinski definition) is 3. The van der Waals surface area contributed by atoms with Crippen molar-refractivity contribution in [3.05, 3.63) is 23.9 Å². The van der Waals surface area contributed by atoms with Crippen LogP contribution in [0.1, 0.15) is 12.1 Å². The molecule has 1 aliphatic rings. The molecule has 0 spiro atoms. The number of pyridine rings is 1. The Hall–Kier alpha value is -1.30. The maximum atomic E-state index is 12.5. The van der Waals surface area contributed by atoms with Crippen molar-refractivity contribution >= 4 is 5.82 Å². The molecule has 0 radical (unpaired) electrons. The van der Waals surface area contributed by atoms with E-state index < -0.39 is 11.9 Å². The summed E-state index contributed by atoms with van der Waals surface area (Å²) in [6.45, 7) is 2.69. The van der Waals surface area contributed by atoms with E-state index in [9.17, 15) is 13.2 Å². The molecular weight excluding hydrogens is 243 g/mol. The largest absolute Gasteiger partial charge is 0.433 e. The van der Waals surface area contributed by atoms with Gasteiger partial charge in [-0.3, -0.25) is 0 Å². The summed E-state index contributed by atoms with van der Waals surface area (Å²) in [4.78, 5) is 5.79. The summed E-state index contributed by atoms with van der Waals surface area (Å²) in [7, 11) is 2.04. The zero-order valence-corrected chi connectivity index (χ0v) is 10.2. The Balaban J connectivity index is 1.93.